The molecule has 0 radical (unpaired) electrons. The Bertz CT molecular complexity index is 438. The van der Waals surface area contributed by atoms with Crippen LogP contribution in [0.4, 0.5) is 0 Å². The van der Waals surface area contributed by atoms with Gasteiger partial charge in [-0.2, -0.15) is 0 Å². The predicted octanol–water partition coefficient (Wildman–Crippen LogP) is 4.46. The van der Waals surface area contributed by atoms with E-state index in [1.807, 2.05) is 25.1 Å². The van der Waals surface area contributed by atoms with Crippen LogP contribution in [0.5, 0.6) is 0 Å². The third-order valence-corrected chi connectivity index (χ3v) is 4.62. The Balaban J connectivity index is 1.82. The third kappa shape index (κ3) is 4.34. The molecular weight excluding hydrogens is 302 g/mol. The molecule has 1 saturated carbocycles. The van der Waals surface area contributed by atoms with Gasteiger partial charge in [0.2, 0.25) is 0 Å². The maximum Gasteiger partial charge on any atom is 0.252 e. The molecule has 0 saturated heterocycles. The van der Waals surface area contributed by atoms with Gasteiger partial charge in [0.25, 0.3) is 5.91 Å². The fourth-order valence-corrected chi connectivity index (χ4v) is 3.20. The number of hydrogen-bond donors (Lipinski definition) is 1. The first kappa shape index (κ1) is 14.6. The van der Waals surface area contributed by atoms with E-state index in [4.69, 9.17) is 0 Å². The first-order valence-corrected chi connectivity index (χ1v) is 8.00. The number of carbonyl (C=O) groups excluding carboxylic acids is 1. The molecule has 2 rings (SSSR count). The summed E-state index contributed by atoms with van der Waals surface area (Å²) in [5, 5.41) is 3.05. The molecule has 0 heterocycles. The van der Waals surface area contributed by atoms with Gasteiger partial charge in [-0.05, 0) is 47.3 Å². The van der Waals surface area contributed by atoms with Crippen molar-refractivity contribution in [3.8, 4) is 0 Å². The molecule has 104 valence electrons. The molecule has 0 atom stereocenters. The molecule has 1 aromatic carbocycles. The lowest BCUT2D eigenvalue weighted by molar-refractivity contribution is 0.0949. The molecule has 3 heteroatoms. The average Bonchev–Trinajstić information content (AvgIpc) is 2.42. The number of hydrogen-bond acceptors (Lipinski definition) is 1. The van der Waals surface area contributed by atoms with Gasteiger partial charge >= 0.3 is 0 Å². The van der Waals surface area contributed by atoms with Crippen LogP contribution in [-0.2, 0) is 0 Å². The zero-order valence-electron chi connectivity index (χ0n) is 11.5. The number of benzene rings is 1. The summed E-state index contributed by atoms with van der Waals surface area (Å²) >= 11 is 3.44. The summed E-state index contributed by atoms with van der Waals surface area (Å²) in [4.78, 5) is 12.1. The van der Waals surface area contributed by atoms with Crippen molar-refractivity contribution >= 4 is 21.8 Å². The maximum absolute atomic E-state index is 12.1. The minimum absolute atomic E-state index is 0.0337. The highest BCUT2D eigenvalue weighted by Gasteiger charge is 2.14. The lowest BCUT2D eigenvalue weighted by Crippen LogP contribution is -2.26. The van der Waals surface area contributed by atoms with Crippen LogP contribution in [0.25, 0.3) is 0 Å². The Morgan fingerprint density at radius 2 is 2.05 bits per heavy atom. The Hall–Kier alpha value is -0.830. The maximum atomic E-state index is 12.1. The van der Waals surface area contributed by atoms with Gasteiger partial charge in [0, 0.05) is 11.0 Å². The van der Waals surface area contributed by atoms with E-state index in [0.29, 0.717) is 0 Å². The van der Waals surface area contributed by atoms with E-state index in [-0.39, 0.29) is 5.91 Å². The fourth-order valence-electron chi connectivity index (χ4n) is 2.77. The molecule has 2 nitrogen and oxygen atoms in total. The lowest BCUT2D eigenvalue weighted by atomic mass is 9.87. The Labute approximate surface area is 124 Å². The molecule has 19 heavy (non-hydrogen) atoms. The van der Waals surface area contributed by atoms with Crippen molar-refractivity contribution in [3.63, 3.8) is 0 Å². The SMILES string of the molecule is Cc1ccc(Br)c(C(=O)NCCC2CCCCC2)c1. The second kappa shape index (κ2) is 7.09. The number of aryl methyl sites for hydroxylation is 1. The molecule has 1 aromatic rings. The van der Waals surface area contributed by atoms with Crippen LogP contribution in [0.15, 0.2) is 22.7 Å². The van der Waals surface area contributed by atoms with Crippen LogP contribution in [0.2, 0.25) is 0 Å². The topological polar surface area (TPSA) is 29.1 Å². The second-order valence-electron chi connectivity index (χ2n) is 5.53. The first-order valence-electron chi connectivity index (χ1n) is 7.21. The zero-order chi connectivity index (χ0) is 13.7. The van der Waals surface area contributed by atoms with Crippen LogP contribution in [0, 0.1) is 12.8 Å². The molecule has 0 aliphatic heterocycles. The van der Waals surface area contributed by atoms with E-state index in [0.717, 1.165) is 34.5 Å². The average molecular weight is 324 g/mol. The summed E-state index contributed by atoms with van der Waals surface area (Å²) in [6, 6.07) is 5.87. The number of nitrogens with one attached hydrogen (secondary N) is 1. The van der Waals surface area contributed by atoms with Gasteiger partial charge in [-0.3, -0.25) is 4.79 Å². The van der Waals surface area contributed by atoms with Crippen molar-refractivity contribution < 1.29 is 4.79 Å². The Morgan fingerprint density at radius 3 is 2.79 bits per heavy atom. The number of amides is 1. The Morgan fingerprint density at radius 1 is 1.32 bits per heavy atom. The van der Waals surface area contributed by atoms with Crippen molar-refractivity contribution in [2.45, 2.75) is 45.4 Å². The highest BCUT2D eigenvalue weighted by Crippen LogP contribution is 2.25. The summed E-state index contributed by atoms with van der Waals surface area (Å²) in [6.07, 6.45) is 7.91. The molecule has 1 aliphatic carbocycles. The van der Waals surface area contributed by atoms with Crippen LogP contribution >= 0.6 is 15.9 Å². The van der Waals surface area contributed by atoms with E-state index in [9.17, 15) is 4.79 Å². The van der Waals surface area contributed by atoms with E-state index >= 15 is 0 Å². The number of halogens is 1. The third-order valence-electron chi connectivity index (χ3n) is 3.93. The highest BCUT2D eigenvalue weighted by atomic mass is 79.9. The fraction of sp³-hybridized carbons (Fsp3) is 0.562. The monoisotopic (exact) mass is 323 g/mol. The van der Waals surface area contributed by atoms with Crippen LogP contribution in [-0.4, -0.2) is 12.5 Å². The predicted molar refractivity (Wildman–Crippen MR) is 82.4 cm³/mol. The molecule has 1 N–H and O–H groups in total. The normalized spacial score (nSPS) is 16.3. The van der Waals surface area contributed by atoms with Crippen LogP contribution in [0.3, 0.4) is 0 Å². The van der Waals surface area contributed by atoms with Gasteiger partial charge in [-0.1, -0.05) is 43.7 Å². The van der Waals surface area contributed by atoms with Crippen LogP contribution in [0.1, 0.15) is 54.4 Å². The summed E-state index contributed by atoms with van der Waals surface area (Å²) in [6.45, 7) is 2.80. The van der Waals surface area contributed by atoms with E-state index < -0.39 is 0 Å². The molecule has 0 bridgehead atoms. The van der Waals surface area contributed by atoms with Crippen molar-refractivity contribution in [3.05, 3.63) is 33.8 Å². The molecule has 1 fully saturated rings. The Kier molecular flexibility index (Phi) is 5.44. The lowest BCUT2D eigenvalue weighted by Gasteiger charge is -2.21. The van der Waals surface area contributed by atoms with Gasteiger partial charge < -0.3 is 5.32 Å². The van der Waals surface area contributed by atoms with Crippen molar-refractivity contribution in [1.82, 2.24) is 5.32 Å². The first-order chi connectivity index (χ1) is 9.16. The zero-order valence-corrected chi connectivity index (χ0v) is 13.1. The second-order valence-corrected chi connectivity index (χ2v) is 6.39. The van der Waals surface area contributed by atoms with Crippen molar-refractivity contribution in [2.24, 2.45) is 5.92 Å². The van der Waals surface area contributed by atoms with Gasteiger partial charge in [0.1, 0.15) is 0 Å². The molecule has 0 spiro atoms. The van der Waals surface area contributed by atoms with E-state index in [2.05, 4.69) is 21.2 Å². The highest BCUT2D eigenvalue weighted by molar-refractivity contribution is 9.10. The standard InChI is InChI=1S/C16H22BrNO/c1-12-7-8-15(17)14(11-12)16(19)18-10-9-13-5-3-2-4-6-13/h7-8,11,13H,2-6,9-10H2,1H3,(H,18,19). The molecule has 0 aromatic heterocycles. The molecular formula is C16H22BrNO. The van der Waals surface area contributed by atoms with Gasteiger partial charge in [-0.25, -0.2) is 0 Å². The summed E-state index contributed by atoms with van der Waals surface area (Å²) < 4.78 is 0.869. The van der Waals surface area contributed by atoms with Gasteiger partial charge in [0.05, 0.1) is 5.56 Å². The minimum atomic E-state index is 0.0337. The van der Waals surface area contributed by atoms with Crippen LogP contribution < -0.4 is 5.32 Å². The summed E-state index contributed by atoms with van der Waals surface area (Å²) in [5.41, 5.74) is 1.85. The quantitative estimate of drug-likeness (QED) is 0.870. The van der Waals surface area contributed by atoms with Crippen molar-refractivity contribution in [2.75, 3.05) is 6.54 Å². The molecule has 1 aliphatic rings. The molecule has 1 amide bonds. The number of rotatable bonds is 4. The van der Waals surface area contributed by atoms with E-state index in [1.54, 1.807) is 0 Å². The summed E-state index contributed by atoms with van der Waals surface area (Å²) in [7, 11) is 0. The van der Waals surface area contributed by atoms with E-state index in [1.165, 1.54) is 32.1 Å². The minimum Gasteiger partial charge on any atom is -0.352 e. The number of carbonyl (C=O) groups is 1. The van der Waals surface area contributed by atoms with Gasteiger partial charge in [0.15, 0.2) is 0 Å². The smallest absolute Gasteiger partial charge is 0.252 e. The molecule has 0 unspecified atom stereocenters. The largest absolute Gasteiger partial charge is 0.352 e. The summed E-state index contributed by atoms with van der Waals surface area (Å²) in [5.74, 6) is 0.849. The van der Waals surface area contributed by atoms with Gasteiger partial charge in [-0.15, -0.1) is 0 Å². The van der Waals surface area contributed by atoms with Crippen molar-refractivity contribution in [1.29, 1.82) is 0 Å².